The molecule has 0 saturated carbocycles. The first-order valence-corrected chi connectivity index (χ1v) is 7.26. The van der Waals surface area contributed by atoms with Crippen molar-refractivity contribution in [2.75, 3.05) is 13.1 Å². The highest BCUT2D eigenvalue weighted by atomic mass is 16.4. The van der Waals surface area contributed by atoms with Crippen LogP contribution in [0.15, 0.2) is 30.3 Å². The minimum Gasteiger partial charge on any atom is -0.481 e. The van der Waals surface area contributed by atoms with Crippen LogP contribution in [0.25, 0.3) is 0 Å². The number of hydrogen-bond acceptors (Lipinski definition) is 2. The molecule has 0 spiro atoms. The maximum Gasteiger partial charge on any atom is 0.317 e. The highest BCUT2D eigenvalue weighted by molar-refractivity contribution is 5.78. The lowest BCUT2D eigenvalue weighted by Crippen LogP contribution is -2.51. The zero-order valence-corrected chi connectivity index (χ0v) is 12.5. The van der Waals surface area contributed by atoms with E-state index >= 15 is 0 Å². The Bertz CT molecular complexity index is 518. The normalized spacial score (nSPS) is 23.4. The van der Waals surface area contributed by atoms with E-state index in [0.717, 1.165) is 12.0 Å². The average molecular weight is 290 g/mol. The second-order valence-electron chi connectivity index (χ2n) is 5.97. The number of carboxylic acid groups (broad SMARTS) is 1. The first-order valence-electron chi connectivity index (χ1n) is 7.26. The summed E-state index contributed by atoms with van der Waals surface area (Å²) in [6, 6.07) is 9.42. The van der Waals surface area contributed by atoms with Crippen LogP contribution in [0, 0.1) is 5.41 Å². The summed E-state index contributed by atoms with van der Waals surface area (Å²) in [6.07, 6.45) is 1.33. The standard InChI is InChI=1S/C16H22N2O3/c1-12(13-7-4-3-5-8-13)17-15(21)18-10-6-9-16(2,11-18)14(19)20/h3-5,7-8,12H,6,9-11H2,1-2H3,(H,17,21)(H,19,20). The fraction of sp³-hybridized carbons (Fsp3) is 0.500. The maximum atomic E-state index is 12.3. The molecule has 1 fully saturated rings. The van der Waals surface area contributed by atoms with Crippen molar-refractivity contribution in [1.29, 1.82) is 0 Å². The van der Waals surface area contributed by atoms with Crippen molar-refractivity contribution in [3.8, 4) is 0 Å². The number of hydrogen-bond donors (Lipinski definition) is 2. The number of likely N-dealkylation sites (tertiary alicyclic amines) is 1. The van der Waals surface area contributed by atoms with Gasteiger partial charge in [0.25, 0.3) is 0 Å². The first-order chi connectivity index (χ1) is 9.92. The van der Waals surface area contributed by atoms with E-state index in [1.165, 1.54) is 0 Å². The van der Waals surface area contributed by atoms with E-state index in [4.69, 9.17) is 0 Å². The van der Waals surface area contributed by atoms with Gasteiger partial charge in [-0.05, 0) is 32.3 Å². The second kappa shape index (κ2) is 6.16. The topological polar surface area (TPSA) is 69.6 Å². The number of carbonyl (C=O) groups excluding carboxylic acids is 1. The summed E-state index contributed by atoms with van der Waals surface area (Å²) in [5.74, 6) is -0.837. The van der Waals surface area contributed by atoms with Gasteiger partial charge >= 0.3 is 12.0 Å². The average Bonchev–Trinajstić information content (AvgIpc) is 2.48. The number of aliphatic carboxylic acids is 1. The number of carboxylic acids is 1. The van der Waals surface area contributed by atoms with E-state index < -0.39 is 11.4 Å². The van der Waals surface area contributed by atoms with Crippen LogP contribution in [0.5, 0.6) is 0 Å². The van der Waals surface area contributed by atoms with E-state index in [-0.39, 0.29) is 18.6 Å². The van der Waals surface area contributed by atoms with Gasteiger partial charge in [0.15, 0.2) is 0 Å². The Morgan fingerprint density at radius 2 is 2.00 bits per heavy atom. The van der Waals surface area contributed by atoms with Crippen molar-refractivity contribution < 1.29 is 14.7 Å². The van der Waals surface area contributed by atoms with Gasteiger partial charge in [0.05, 0.1) is 11.5 Å². The van der Waals surface area contributed by atoms with Gasteiger partial charge in [0.1, 0.15) is 0 Å². The molecule has 1 aliphatic rings. The van der Waals surface area contributed by atoms with E-state index in [1.54, 1.807) is 11.8 Å². The van der Waals surface area contributed by atoms with Crippen LogP contribution >= 0.6 is 0 Å². The molecule has 1 saturated heterocycles. The lowest BCUT2D eigenvalue weighted by Gasteiger charge is -2.37. The monoisotopic (exact) mass is 290 g/mol. The smallest absolute Gasteiger partial charge is 0.317 e. The molecule has 5 heteroatoms. The lowest BCUT2D eigenvalue weighted by atomic mass is 9.82. The van der Waals surface area contributed by atoms with Gasteiger partial charge < -0.3 is 15.3 Å². The molecular weight excluding hydrogens is 268 g/mol. The predicted octanol–water partition coefficient (Wildman–Crippen LogP) is 2.64. The fourth-order valence-corrected chi connectivity index (χ4v) is 2.69. The third-order valence-electron chi connectivity index (χ3n) is 4.14. The summed E-state index contributed by atoms with van der Waals surface area (Å²) in [6.45, 7) is 4.49. The Morgan fingerprint density at radius 1 is 1.33 bits per heavy atom. The molecule has 0 radical (unpaired) electrons. The zero-order chi connectivity index (χ0) is 15.5. The summed E-state index contributed by atoms with van der Waals surface area (Å²) >= 11 is 0. The number of benzene rings is 1. The van der Waals surface area contributed by atoms with E-state index in [2.05, 4.69) is 5.32 Å². The molecule has 1 aromatic rings. The van der Waals surface area contributed by atoms with Gasteiger partial charge in [-0.2, -0.15) is 0 Å². The molecule has 0 aromatic heterocycles. The molecule has 2 amide bonds. The third-order valence-corrected chi connectivity index (χ3v) is 4.14. The second-order valence-corrected chi connectivity index (χ2v) is 5.97. The molecule has 1 aliphatic heterocycles. The Balaban J connectivity index is 1.99. The number of rotatable bonds is 3. The van der Waals surface area contributed by atoms with Gasteiger partial charge in [-0.15, -0.1) is 0 Å². The summed E-state index contributed by atoms with van der Waals surface area (Å²) in [5.41, 5.74) is 0.190. The summed E-state index contributed by atoms with van der Waals surface area (Å²) in [5, 5.41) is 12.2. The van der Waals surface area contributed by atoms with Gasteiger partial charge in [-0.25, -0.2) is 4.79 Å². The minimum atomic E-state index is -0.842. The fourth-order valence-electron chi connectivity index (χ4n) is 2.69. The molecule has 2 rings (SSSR count). The number of nitrogens with zero attached hydrogens (tertiary/aromatic N) is 1. The van der Waals surface area contributed by atoms with Crippen LogP contribution in [-0.4, -0.2) is 35.1 Å². The van der Waals surface area contributed by atoms with Crippen LogP contribution in [0.2, 0.25) is 0 Å². The number of nitrogens with one attached hydrogen (secondary N) is 1. The van der Waals surface area contributed by atoms with E-state index in [1.807, 2.05) is 37.3 Å². The Kier molecular flexibility index (Phi) is 4.50. The highest BCUT2D eigenvalue weighted by Crippen LogP contribution is 2.29. The van der Waals surface area contributed by atoms with Crippen molar-refractivity contribution in [1.82, 2.24) is 10.2 Å². The molecule has 1 heterocycles. The molecule has 0 bridgehead atoms. The predicted molar refractivity (Wildman–Crippen MR) is 79.9 cm³/mol. The Morgan fingerprint density at radius 3 is 2.62 bits per heavy atom. The van der Waals surface area contributed by atoms with Crippen LogP contribution in [0.3, 0.4) is 0 Å². The summed E-state index contributed by atoms with van der Waals surface area (Å²) < 4.78 is 0. The molecule has 114 valence electrons. The number of urea groups is 1. The van der Waals surface area contributed by atoms with Crippen LogP contribution in [0.1, 0.15) is 38.3 Å². The minimum absolute atomic E-state index is 0.100. The van der Waals surface area contributed by atoms with E-state index in [0.29, 0.717) is 13.0 Å². The third kappa shape index (κ3) is 3.54. The molecule has 1 aromatic carbocycles. The van der Waals surface area contributed by atoms with Crippen LogP contribution in [-0.2, 0) is 4.79 Å². The number of piperidine rings is 1. The van der Waals surface area contributed by atoms with Crippen molar-refractivity contribution in [3.05, 3.63) is 35.9 Å². The molecule has 21 heavy (non-hydrogen) atoms. The highest BCUT2D eigenvalue weighted by Gasteiger charge is 2.39. The van der Waals surface area contributed by atoms with Crippen molar-refractivity contribution in [3.63, 3.8) is 0 Å². The molecule has 0 aliphatic carbocycles. The van der Waals surface area contributed by atoms with Gasteiger partial charge in [-0.3, -0.25) is 4.79 Å². The Labute approximate surface area is 125 Å². The number of carbonyl (C=O) groups is 2. The van der Waals surface area contributed by atoms with Crippen LogP contribution in [0.4, 0.5) is 4.79 Å². The van der Waals surface area contributed by atoms with E-state index in [9.17, 15) is 14.7 Å². The Hall–Kier alpha value is -2.04. The van der Waals surface area contributed by atoms with Gasteiger partial charge in [0, 0.05) is 13.1 Å². The molecule has 2 unspecified atom stereocenters. The first kappa shape index (κ1) is 15.4. The van der Waals surface area contributed by atoms with Crippen LogP contribution < -0.4 is 5.32 Å². The SMILES string of the molecule is CC(NC(=O)N1CCCC(C)(C(=O)O)C1)c1ccccc1. The largest absolute Gasteiger partial charge is 0.481 e. The summed E-state index contributed by atoms with van der Waals surface area (Å²) in [7, 11) is 0. The van der Waals surface area contributed by atoms with Crippen molar-refractivity contribution in [2.45, 2.75) is 32.7 Å². The molecule has 5 nitrogen and oxygen atoms in total. The quantitative estimate of drug-likeness (QED) is 0.899. The zero-order valence-electron chi connectivity index (χ0n) is 12.5. The molecule has 2 N–H and O–H groups in total. The van der Waals surface area contributed by atoms with Crippen molar-refractivity contribution >= 4 is 12.0 Å². The van der Waals surface area contributed by atoms with Crippen molar-refractivity contribution in [2.24, 2.45) is 5.41 Å². The lowest BCUT2D eigenvalue weighted by molar-refractivity contribution is -0.150. The van der Waals surface area contributed by atoms with Gasteiger partial charge in [0.2, 0.25) is 0 Å². The number of amides is 2. The molecule has 2 atom stereocenters. The van der Waals surface area contributed by atoms with Gasteiger partial charge in [-0.1, -0.05) is 30.3 Å². The molecular formula is C16H22N2O3. The summed E-state index contributed by atoms with van der Waals surface area (Å²) in [4.78, 5) is 25.3. The maximum absolute atomic E-state index is 12.3.